The van der Waals surface area contributed by atoms with Crippen molar-refractivity contribution in [1.82, 2.24) is 10.2 Å². The predicted octanol–water partition coefficient (Wildman–Crippen LogP) is 2.08. The van der Waals surface area contributed by atoms with Crippen LogP contribution in [0.4, 0.5) is 4.39 Å². The number of carbonyl (C=O) groups excluding carboxylic acids is 1. The maximum absolute atomic E-state index is 13.9. The van der Waals surface area contributed by atoms with Gasteiger partial charge in [0.25, 0.3) is 5.91 Å². The van der Waals surface area contributed by atoms with E-state index < -0.39 is 5.82 Å². The Morgan fingerprint density at radius 1 is 1.38 bits per heavy atom. The molecule has 0 aliphatic heterocycles. The third-order valence-corrected chi connectivity index (χ3v) is 4.01. The summed E-state index contributed by atoms with van der Waals surface area (Å²) in [6.07, 6.45) is 4.53. The van der Waals surface area contributed by atoms with E-state index in [0.29, 0.717) is 18.6 Å². The van der Waals surface area contributed by atoms with Crippen molar-refractivity contribution in [3.05, 3.63) is 29.6 Å². The fourth-order valence-electron chi connectivity index (χ4n) is 2.23. The van der Waals surface area contributed by atoms with Crippen molar-refractivity contribution in [3.63, 3.8) is 0 Å². The third-order valence-electron chi connectivity index (χ3n) is 4.01. The number of amides is 1. The minimum atomic E-state index is -0.410. The number of benzene rings is 1. The minimum absolute atomic E-state index is 0.101. The molecular weight excluding hydrogens is 271 g/mol. The lowest BCUT2D eigenvalue weighted by molar-refractivity contribution is -0.132. The summed E-state index contributed by atoms with van der Waals surface area (Å²) >= 11 is 0. The second-order valence-electron chi connectivity index (χ2n) is 5.94. The fourth-order valence-corrected chi connectivity index (χ4v) is 2.23. The van der Waals surface area contributed by atoms with E-state index in [0.717, 1.165) is 18.4 Å². The van der Waals surface area contributed by atoms with Gasteiger partial charge in [-0.3, -0.25) is 4.79 Å². The molecule has 0 radical (unpaired) electrons. The Morgan fingerprint density at radius 3 is 2.76 bits per heavy atom. The van der Waals surface area contributed by atoms with Crippen molar-refractivity contribution in [2.75, 3.05) is 13.7 Å². The molecule has 2 aliphatic rings. The van der Waals surface area contributed by atoms with Crippen LogP contribution in [0.25, 0.3) is 0 Å². The molecule has 3 rings (SSSR count). The molecule has 0 spiro atoms. The molecule has 1 amide bonds. The van der Waals surface area contributed by atoms with Crippen LogP contribution < -0.4 is 10.1 Å². The maximum atomic E-state index is 13.9. The number of carbonyl (C=O) groups is 1. The highest BCUT2D eigenvalue weighted by Crippen LogP contribution is 2.26. The van der Waals surface area contributed by atoms with Crippen LogP contribution in [0.3, 0.4) is 0 Å². The lowest BCUT2D eigenvalue weighted by Gasteiger charge is -2.16. The smallest absolute Gasteiger partial charge is 0.260 e. The van der Waals surface area contributed by atoms with Gasteiger partial charge in [0.1, 0.15) is 0 Å². The van der Waals surface area contributed by atoms with Crippen molar-refractivity contribution in [2.24, 2.45) is 0 Å². The van der Waals surface area contributed by atoms with Crippen LogP contribution in [-0.2, 0) is 11.3 Å². The van der Waals surface area contributed by atoms with Crippen molar-refractivity contribution in [3.8, 4) is 5.75 Å². The molecule has 5 heteroatoms. The lowest BCUT2D eigenvalue weighted by atomic mass is 10.2. The Hall–Kier alpha value is -1.62. The molecular formula is C16H21FN2O2. The van der Waals surface area contributed by atoms with E-state index in [1.165, 1.54) is 18.9 Å². The van der Waals surface area contributed by atoms with Gasteiger partial charge < -0.3 is 15.0 Å². The van der Waals surface area contributed by atoms with Crippen LogP contribution in [0.15, 0.2) is 18.2 Å². The largest absolute Gasteiger partial charge is 0.481 e. The highest BCUT2D eigenvalue weighted by Gasteiger charge is 2.29. The van der Waals surface area contributed by atoms with Gasteiger partial charge in [0.15, 0.2) is 18.2 Å². The molecule has 0 atom stereocenters. The van der Waals surface area contributed by atoms with Gasteiger partial charge in [-0.25, -0.2) is 4.39 Å². The van der Waals surface area contributed by atoms with Crippen molar-refractivity contribution in [1.29, 1.82) is 0 Å². The molecule has 2 aliphatic carbocycles. The normalized spacial score (nSPS) is 17.6. The van der Waals surface area contributed by atoms with Gasteiger partial charge >= 0.3 is 0 Å². The average Bonchev–Trinajstić information content (AvgIpc) is 3.36. The lowest BCUT2D eigenvalue weighted by Crippen LogP contribution is -2.33. The summed E-state index contributed by atoms with van der Waals surface area (Å²) in [6, 6.07) is 5.85. The van der Waals surface area contributed by atoms with Crippen LogP contribution >= 0.6 is 0 Å². The summed E-state index contributed by atoms with van der Waals surface area (Å²) in [5, 5.41) is 3.34. The summed E-state index contributed by atoms with van der Waals surface area (Å²) in [5.74, 6) is -0.369. The molecule has 4 nitrogen and oxygen atoms in total. The SMILES string of the molecule is CN(C(=O)COc1ccc(CNC2CC2)cc1F)C1CC1. The van der Waals surface area contributed by atoms with E-state index in [1.807, 2.05) is 6.07 Å². The highest BCUT2D eigenvalue weighted by molar-refractivity contribution is 5.78. The number of hydrogen-bond donors (Lipinski definition) is 1. The van der Waals surface area contributed by atoms with E-state index in [2.05, 4.69) is 5.32 Å². The fraction of sp³-hybridized carbons (Fsp3) is 0.562. The first-order chi connectivity index (χ1) is 10.1. The van der Waals surface area contributed by atoms with Crippen LogP contribution in [0, 0.1) is 5.82 Å². The van der Waals surface area contributed by atoms with Gasteiger partial charge in [0.2, 0.25) is 0 Å². The first-order valence-corrected chi connectivity index (χ1v) is 7.54. The highest BCUT2D eigenvalue weighted by atomic mass is 19.1. The number of nitrogens with one attached hydrogen (secondary N) is 1. The van der Waals surface area contributed by atoms with Crippen molar-refractivity contribution in [2.45, 2.75) is 44.3 Å². The maximum Gasteiger partial charge on any atom is 0.260 e. The summed E-state index contributed by atoms with van der Waals surface area (Å²) in [5.41, 5.74) is 0.896. The van der Waals surface area contributed by atoms with E-state index in [-0.39, 0.29) is 18.3 Å². The molecule has 21 heavy (non-hydrogen) atoms. The van der Waals surface area contributed by atoms with E-state index in [4.69, 9.17) is 4.74 Å². The predicted molar refractivity (Wildman–Crippen MR) is 77.5 cm³/mol. The molecule has 2 saturated carbocycles. The Balaban J connectivity index is 1.51. The summed E-state index contributed by atoms with van der Waals surface area (Å²) in [7, 11) is 1.77. The molecule has 1 aromatic rings. The van der Waals surface area contributed by atoms with Crippen LogP contribution in [0.1, 0.15) is 31.2 Å². The quantitative estimate of drug-likeness (QED) is 0.836. The topological polar surface area (TPSA) is 41.6 Å². The van der Waals surface area contributed by atoms with Gasteiger partial charge in [-0.05, 0) is 43.4 Å². The summed E-state index contributed by atoms with van der Waals surface area (Å²) in [4.78, 5) is 13.5. The molecule has 2 fully saturated rings. The summed E-state index contributed by atoms with van der Waals surface area (Å²) in [6.45, 7) is 0.564. The standard InChI is InChI=1S/C16H21FN2O2/c1-19(13-5-6-13)16(20)10-21-15-7-2-11(8-14(15)17)9-18-12-3-4-12/h2,7-8,12-13,18H,3-6,9-10H2,1H3. The van der Waals surface area contributed by atoms with E-state index in [9.17, 15) is 9.18 Å². The zero-order valence-corrected chi connectivity index (χ0v) is 12.3. The monoisotopic (exact) mass is 292 g/mol. The van der Waals surface area contributed by atoms with Crippen molar-refractivity contribution < 1.29 is 13.9 Å². The average molecular weight is 292 g/mol. The number of likely N-dealkylation sites (N-methyl/N-ethyl adjacent to an activating group) is 1. The molecule has 114 valence electrons. The van der Waals surface area contributed by atoms with Gasteiger partial charge in [-0.1, -0.05) is 6.07 Å². The number of ether oxygens (including phenoxy) is 1. The van der Waals surface area contributed by atoms with E-state index >= 15 is 0 Å². The van der Waals surface area contributed by atoms with Crippen LogP contribution in [0.5, 0.6) is 5.75 Å². The molecule has 0 heterocycles. The Morgan fingerprint density at radius 2 is 2.14 bits per heavy atom. The van der Waals surface area contributed by atoms with Gasteiger partial charge in [-0.2, -0.15) is 0 Å². The van der Waals surface area contributed by atoms with Gasteiger partial charge in [0.05, 0.1) is 0 Å². The second kappa shape index (κ2) is 6.02. The Kier molecular flexibility index (Phi) is 4.10. The Labute approximate surface area is 124 Å². The number of rotatable bonds is 7. The zero-order valence-electron chi connectivity index (χ0n) is 12.3. The van der Waals surface area contributed by atoms with Gasteiger partial charge in [0, 0.05) is 25.7 Å². The zero-order chi connectivity index (χ0) is 14.8. The molecule has 0 unspecified atom stereocenters. The number of nitrogens with zero attached hydrogens (tertiary/aromatic N) is 1. The second-order valence-corrected chi connectivity index (χ2v) is 5.94. The molecule has 0 bridgehead atoms. The van der Waals surface area contributed by atoms with E-state index in [1.54, 1.807) is 18.0 Å². The minimum Gasteiger partial charge on any atom is -0.481 e. The third kappa shape index (κ3) is 3.94. The molecule has 0 aromatic heterocycles. The number of halogens is 1. The number of hydrogen-bond acceptors (Lipinski definition) is 3. The molecule has 0 saturated heterocycles. The van der Waals surface area contributed by atoms with Crippen LogP contribution in [-0.4, -0.2) is 36.5 Å². The van der Waals surface area contributed by atoms with Gasteiger partial charge in [-0.15, -0.1) is 0 Å². The molecule has 1 aromatic carbocycles. The van der Waals surface area contributed by atoms with Crippen molar-refractivity contribution >= 4 is 5.91 Å². The summed E-state index contributed by atoms with van der Waals surface area (Å²) < 4.78 is 19.2. The first kappa shape index (κ1) is 14.3. The molecule has 1 N–H and O–H groups in total. The first-order valence-electron chi connectivity index (χ1n) is 7.54. The van der Waals surface area contributed by atoms with Crippen LogP contribution in [0.2, 0.25) is 0 Å². The Bertz CT molecular complexity index is 527.